The van der Waals surface area contributed by atoms with Crippen molar-refractivity contribution in [2.45, 2.75) is 0 Å². The van der Waals surface area contributed by atoms with Crippen molar-refractivity contribution >= 4 is 34.8 Å². The quantitative estimate of drug-likeness (QED) is 0.558. The topological polar surface area (TPSA) is 84.6 Å². The number of pyridine rings is 2. The largest absolute Gasteiger partial charge is 0.242 e. The molecule has 0 radical (unpaired) electrons. The van der Waals surface area contributed by atoms with Crippen LogP contribution in [-0.4, -0.2) is 22.1 Å². The van der Waals surface area contributed by atoms with Crippen LogP contribution in [0.15, 0.2) is 34.3 Å². The SMILES string of the molecule is O=C=Nc1ccc2ccc(N=C=O)nc2n1. The first-order valence-electron chi connectivity index (χ1n) is 4.27. The standard InChI is InChI=1S/C10H4N4O2/c15-5-11-8-3-1-7-2-4-9(12-6-16)14-10(7)13-8/h1-4H. The van der Waals surface area contributed by atoms with E-state index in [9.17, 15) is 9.59 Å². The summed E-state index contributed by atoms with van der Waals surface area (Å²) >= 11 is 0. The highest BCUT2D eigenvalue weighted by molar-refractivity contribution is 5.78. The van der Waals surface area contributed by atoms with E-state index in [-0.39, 0.29) is 11.6 Å². The number of fused-ring (bicyclic) bond motifs is 1. The molecule has 2 rings (SSSR count). The van der Waals surface area contributed by atoms with E-state index >= 15 is 0 Å². The third-order valence-corrected chi connectivity index (χ3v) is 1.84. The molecule has 0 unspecified atom stereocenters. The first kappa shape index (κ1) is 9.86. The molecule has 0 N–H and O–H groups in total. The Hall–Kier alpha value is -2.68. The van der Waals surface area contributed by atoms with Crippen LogP contribution in [0.2, 0.25) is 0 Å². The molecule has 0 atom stereocenters. The molecule has 6 nitrogen and oxygen atoms in total. The van der Waals surface area contributed by atoms with E-state index < -0.39 is 0 Å². The molecule has 6 heteroatoms. The predicted molar refractivity (Wildman–Crippen MR) is 55.1 cm³/mol. The lowest BCUT2D eigenvalue weighted by atomic mass is 10.3. The maximum Gasteiger partial charge on any atom is 0.242 e. The van der Waals surface area contributed by atoms with E-state index in [1.807, 2.05) is 0 Å². The van der Waals surface area contributed by atoms with Gasteiger partial charge in [-0.15, -0.1) is 9.98 Å². The molecule has 0 saturated carbocycles. The van der Waals surface area contributed by atoms with Crippen molar-refractivity contribution in [2.75, 3.05) is 0 Å². The Balaban J connectivity index is 2.64. The third kappa shape index (κ3) is 1.88. The van der Waals surface area contributed by atoms with Crippen LogP contribution in [0, 0.1) is 0 Å². The number of carbonyl (C=O) groups excluding carboxylic acids is 2. The maximum atomic E-state index is 10.1. The van der Waals surface area contributed by atoms with Gasteiger partial charge in [0.25, 0.3) is 0 Å². The van der Waals surface area contributed by atoms with E-state index in [4.69, 9.17) is 0 Å². The second kappa shape index (κ2) is 4.23. The number of hydrogen-bond donors (Lipinski definition) is 0. The first-order chi connectivity index (χ1) is 7.83. The van der Waals surface area contributed by atoms with Crippen LogP contribution in [0.5, 0.6) is 0 Å². The molecular formula is C10H4N4O2. The Morgan fingerprint density at radius 2 is 1.38 bits per heavy atom. The van der Waals surface area contributed by atoms with Crippen LogP contribution in [0.1, 0.15) is 0 Å². The minimum atomic E-state index is 0.210. The highest BCUT2D eigenvalue weighted by atomic mass is 16.1. The van der Waals surface area contributed by atoms with Gasteiger partial charge < -0.3 is 0 Å². The van der Waals surface area contributed by atoms with Gasteiger partial charge in [-0.2, -0.15) is 0 Å². The van der Waals surface area contributed by atoms with Crippen molar-refractivity contribution in [3.63, 3.8) is 0 Å². The zero-order valence-electron chi connectivity index (χ0n) is 7.91. The molecule has 2 aromatic heterocycles. The summed E-state index contributed by atoms with van der Waals surface area (Å²) in [5, 5.41) is 0.759. The Bertz CT molecular complexity index is 588. The third-order valence-electron chi connectivity index (χ3n) is 1.84. The molecule has 0 aromatic carbocycles. The molecule has 2 heterocycles. The monoisotopic (exact) mass is 212 g/mol. The number of aliphatic imine (C=N–C) groups is 2. The lowest BCUT2D eigenvalue weighted by Gasteiger charge is -1.97. The average molecular weight is 212 g/mol. The molecule has 0 spiro atoms. The van der Waals surface area contributed by atoms with Gasteiger partial charge in [-0.25, -0.2) is 19.6 Å². The van der Waals surface area contributed by atoms with Gasteiger partial charge in [0.2, 0.25) is 12.2 Å². The zero-order valence-corrected chi connectivity index (χ0v) is 7.91. The molecule has 0 aliphatic rings. The van der Waals surface area contributed by atoms with Crippen LogP contribution < -0.4 is 0 Å². The normalized spacial score (nSPS) is 9.25. The summed E-state index contributed by atoms with van der Waals surface area (Å²) in [5.41, 5.74) is 0.355. The second-order valence-corrected chi connectivity index (χ2v) is 2.79. The van der Waals surface area contributed by atoms with Crippen LogP contribution in [0.25, 0.3) is 11.0 Å². The second-order valence-electron chi connectivity index (χ2n) is 2.79. The fourth-order valence-electron chi connectivity index (χ4n) is 1.20. The van der Waals surface area contributed by atoms with Gasteiger partial charge in [-0.05, 0) is 24.3 Å². The number of hydrogen-bond acceptors (Lipinski definition) is 6. The molecule has 0 bridgehead atoms. The van der Waals surface area contributed by atoms with Crippen molar-refractivity contribution in [3.8, 4) is 0 Å². The fraction of sp³-hybridized carbons (Fsp3) is 0. The molecule has 16 heavy (non-hydrogen) atoms. The Morgan fingerprint density at radius 3 is 1.81 bits per heavy atom. The smallest absolute Gasteiger partial charge is 0.211 e. The number of isocyanates is 2. The van der Waals surface area contributed by atoms with Gasteiger partial charge >= 0.3 is 0 Å². The molecule has 0 fully saturated rings. The minimum absolute atomic E-state index is 0.210. The molecule has 0 saturated heterocycles. The van der Waals surface area contributed by atoms with Crippen molar-refractivity contribution in [3.05, 3.63) is 24.3 Å². The van der Waals surface area contributed by atoms with Crippen LogP contribution in [-0.2, 0) is 9.59 Å². The van der Waals surface area contributed by atoms with E-state index in [0.29, 0.717) is 5.65 Å². The predicted octanol–water partition coefficient (Wildman–Crippen LogP) is 1.56. The van der Waals surface area contributed by atoms with Crippen molar-refractivity contribution in [1.29, 1.82) is 0 Å². The van der Waals surface area contributed by atoms with Gasteiger partial charge in [0, 0.05) is 5.39 Å². The highest BCUT2D eigenvalue weighted by Gasteiger charge is 2.00. The number of aromatic nitrogens is 2. The van der Waals surface area contributed by atoms with E-state index in [1.165, 1.54) is 12.2 Å². The summed E-state index contributed by atoms with van der Waals surface area (Å²) in [6.07, 6.45) is 2.77. The van der Waals surface area contributed by atoms with E-state index in [1.54, 1.807) is 24.3 Å². The molecule has 76 valence electrons. The summed E-state index contributed by atoms with van der Waals surface area (Å²) in [6.45, 7) is 0. The zero-order chi connectivity index (χ0) is 11.4. The Kier molecular flexibility index (Phi) is 2.61. The van der Waals surface area contributed by atoms with Crippen LogP contribution >= 0.6 is 0 Å². The van der Waals surface area contributed by atoms with E-state index in [2.05, 4.69) is 20.0 Å². The lowest BCUT2D eigenvalue weighted by Crippen LogP contribution is -1.83. The highest BCUT2D eigenvalue weighted by Crippen LogP contribution is 2.18. The summed E-state index contributed by atoms with van der Waals surface area (Å²) in [6, 6.07) is 6.55. The van der Waals surface area contributed by atoms with Crippen molar-refractivity contribution < 1.29 is 9.59 Å². The van der Waals surface area contributed by atoms with E-state index in [0.717, 1.165) is 5.39 Å². The number of nitrogens with zero attached hydrogens (tertiary/aromatic N) is 4. The van der Waals surface area contributed by atoms with Crippen LogP contribution in [0.4, 0.5) is 11.6 Å². The molecule has 2 aromatic rings. The fourth-order valence-corrected chi connectivity index (χ4v) is 1.20. The summed E-state index contributed by atoms with van der Waals surface area (Å²) in [4.78, 5) is 34.8. The van der Waals surface area contributed by atoms with Crippen molar-refractivity contribution in [1.82, 2.24) is 9.97 Å². The lowest BCUT2D eigenvalue weighted by molar-refractivity contribution is 0.564. The minimum Gasteiger partial charge on any atom is -0.211 e. The Morgan fingerprint density at radius 1 is 0.875 bits per heavy atom. The van der Waals surface area contributed by atoms with Gasteiger partial charge in [-0.3, -0.25) is 0 Å². The molecular weight excluding hydrogens is 208 g/mol. The van der Waals surface area contributed by atoms with Gasteiger partial charge in [-0.1, -0.05) is 0 Å². The summed E-state index contributed by atoms with van der Waals surface area (Å²) in [7, 11) is 0. The molecule has 0 aliphatic heterocycles. The van der Waals surface area contributed by atoms with Gasteiger partial charge in [0.15, 0.2) is 17.3 Å². The average Bonchev–Trinajstić information content (AvgIpc) is 2.29. The van der Waals surface area contributed by atoms with Gasteiger partial charge in [0.1, 0.15) is 0 Å². The van der Waals surface area contributed by atoms with Crippen molar-refractivity contribution in [2.24, 2.45) is 9.98 Å². The Labute approximate surface area is 89.4 Å². The summed E-state index contributed by atoms with van der Waals surface area (Å²) < 4.78 is 0. The molecule has 0 amide bonds. The van der Waals surface area contributed by atoms with Crippen LogP contribution in [0.3, 0.4) is 0 Å². The molecule has 0 aliphatic carbocycles. The maximum absolute atomic E-state index is 10.1. The number of rotatable bonds is 2. The van der Waals surface area contributed by atoms with Gasteiger partial charge in [0.05, 0.1) is 0 Å². The summed E-state index contributed by atoms with van der Waals surface area (Å²) in [5.74, 6) is 0.421. The first-order valence-corrected chi connectivity index (χ1v) is 4.27.